The third kappa shape index (κ3) is 4.04. The minimum Gasteiger partial charge on any atom is -0.356 e. The Hall–Kier alpha value is -2.15. The number of benzene rings is 1. The van der Waals surface area contributed by atoms with Crippen LogP contribution >= 0.6 is 0 Å². The van der Waals surface area contributed by atoms with Gasteiger partial charge in [0.05, 0.1) is 0 Å². The number of nitrogens with one attached hydrogen (secondary N) is 1. The van der Waals surface area contributed by atoms with E-state index < -0.39 is 10.0 Å². The van der Waals surface area contributed by atoms with Crippen molar-refractivity contribution in [2.75, 3.05) is 13.1 Å². The molecule has 2 aliphatic heterocycles. The molecule has 0 aromatic heterocycles. The SMILES string of the molecule is CC1=C(c2ccc(C)c(C)c2)S(=O)(=O)N=C1N1CCC(NC(=O)C2CCCC2)CC1. The first kappa shape index (κ1) is 21.1. The highest BCUT2D eigenvalue weighted by Gasteiger charge is 2.35. The molecule has 0 bridgehead atoms. The second-order valence-electron chi connectivity index (χ2n) is 8.89. The van der Waals surface area contributed by atoms with Crippen molar-refractivity contribution >= 4 is 26.7 Å². The minimum absolute atomic E-state index is 0.163. The number of likely N-dealkylation sites (tertiary alicyclic amines) is 1. The first-order chi connectivity index (χ1) is 14.3. The molecule has 6 nitrogen and oxygen atoms in total. The fourth-order valence-corrected chi connectivity index (χ4v) is 6.28. The van der Waals surface area contributed by atoms with Crippen molar-refractivity contribution in [3.63, 3.8) is 0 Å². The van der Waals surface area contributed by atoms with E-state index in [1.165, 1.54) is 0 Å². The van der Waals surface area contributed by atoms with Crippen molar-refractivity contribution in [1.82, 2.24) is 10.2 Å². The highest BCUT2D eigenvalue weighted by atomic mass is 32.2. The summed E-state index contributed by atoms with van der Waals surface area (Å²) in [5, 5.41) is 3.21. The van der Waals surface area contributed by atoms with Crippen molar-refractivity contribution < 1.29 is 13.2 Å². The Kier molecular flexibility index (Phi) is 5.75. The van der Waals surface area contributed by atoms with E-state index in [9.17, 15) is 13.2 Å². The monoisotopic (exact) mass is 429 g/mol. The molecule has 162 valence electrons. The Bertz CT molecular complexity index is 1010. The lowest BCUT2D eigenvalue weighted by Gasteiger charge is -2.34. The molecule has 1 aliphatic carbocycles. The van der Waals surface area contributed by atoms with Crippen LogP contribution in [0, 0.1) is 19.8 Å². The lowest BCUT2D eigenvalue weighted by molar-refractivity contribution is -0.125. The predicted molar refractivity (Wildman–Crippen MR) is 120 cm³/mol. The van der Waals surface area contributed by atoms with Gasteiger partial charge in [-0.15, -0.1) is 4.40 Å². The molecule has 7 heteroatoms. The molecular formula is C23H31N3O3S. The van der Waals surface area contributed by atoms with E-state index in [0.29, 0.717) is 35.0 Å². The van der Waals surface area contributed by atoms with Crippen molar-refractivity contribution in [3.8, 4) is 0 Å². The maximum atomic E-state index is 12.8. The molecule has 0 unspecified atom stereocenters. The highest BCUT2D eigenvalue weighted by molar-refractivity contribution is 8.00. The number of hydrogen-bond acceptors (Lipinski definition) is 4. The standard InChI is InChI=1S/C23H31N3O3S/c1-15-8-9-19(14-16(15)2)21-17(3)22(25-30(21,28)29)26-12-10-20(11-13-26)24-23(27)18-6-4-5-7-18/h8-9,14,18,20H,4-7,10-13H2,1-3H3,(H,24,27). The minimum atomic E-state index is -3.70. The normalized spacial score (nSPS) is 22.5. The Labute approximate surface area is 179 Å². The van der Waals surface area contributed by atoms with Gasteiger partial charge in [0.15, 0.2) is 0 Å². The average molecular weight is 430 g/mol. The quantitative estimate of drug-likeness (QED) is 0.797. The van der Waals surface area contributed by atoms with Gasteiger partial charge in [0.2, 0.25) is 5.91 Å². The van der Waals surface area contributed by atoms with Crippen LogP contribution in [0.3, 0.4) is 0 Å². The third-order valence-electron chi connectivity index (χ3n) is 6.78. The van der Waals surface area contributed by atoms with Crippen LogP contribution < -0.4 is 5.32 Å². The summed E-state index contributed by atoms with van der Waals surface area (Å²) >= 11 is 0. The summed E-state index contributed by atoms with van der Waals surface area (Å²) in [7, 11) is -3.70. The summed E-state index contributed by atoms with van der Waals surface area (Å²) in [4.78, 5) is 14.8. The lowest BCUT2D eigenvalue weighted by atomic mass is 10.0. The highest BCUT2D eigenvalue weighted by Crippen LogP contribution is 2.35. The van der Waals surface area contributed by atoms with Crippen LogP contribution in [0.2, 0.25) is 0 Å². The van der Waals surface area contributed by atoms with Crippen LogP contribution in [-0.4, -0.2) is 44.2 Å². The fraction of sp³-hybridized carbons (Fsp3) is 0.565. The van der Waals surface area contributed by atoms with E-state index in [-0.39, 0.29) is 17.9 Å². The molecule has 2 fully saturated rings. The maximum Gasteiger partial charge on any atom is 0.285 e. The first-order valence-corrected chi connectivity index (χ1v) is 12.4. The molecular weight excluding hydrogens is 398 g/mol. The number of aryl methyl sites for hydroxylation is 2. The summed E-state index contributed by atoms with van der Waals surface area (Å²) in [5.74, 6) is 0.932. The van der Waals surface area contributed by atoms with Gasteiger partial charge in [-0.25, -0.2) is 0 Å². The number of amidine groups is 1. The smallest absolute Gasteiger partial charge is 0.285 e. The van der Waals surface area contributed by atoms with Crippen molar-refractivity contribution in [1.29, 1.82) is 0 Å². The number of hydrogen-bond donors (Lipinski definition) is 1. The number of carbonyl (C=O) groups is 1. The van der Waals surface area contributed by atoms with Crippen molar-refractivity contribution in [3.05, 3.63) is 40.5 Å². The zero-order valence-electron chi connectivity index (χ0n) is 18.1. The van der Waals surface area contributed by atoms with E-state index in [4.69, 9.17) is 0 Å². The zero-order valence-corrected chi connectivity index (χ0v) is 18.9. The van der Waals surface area contributed by atoms with Gasteiger partial charge in [-0.2, -0.15) is 8.42 Å². The molecule has 2 heterocycles. The third-order valence-corrected chi connectivity index (χ3v) is 8.25. The molecule has 1 saturated carbocycles. The second-order valence-corrected chi connectivity index (χ2v) is 10.4. The molecule has 0 radical (unpaired) electrons. The number of rotatable bonds is 3. The molecule has 1 aromatic carbocycles. The van der Waals surface area contributed by atoms with Crippen molar-refractivity contribution in [2.45, 2.75) is 65.3 Å². The Morgan fingerprint density at radius 2 is 1.70 bits per heavy atom. The number of piperidine rings is 1. The Balaban J connectivity index is 1.46. The van der Waals surface area contributed by atoms with Gasteiger partial charge in [0.1, 0.15) is 10.7 Å². The van der Waals surface area contributed by atoms with E-state index >= 15 is 0 Å². The van der Waals surface area contributed by atoms with Gasteiger partial charge in [0.25, 0.3) is 10.0 Å². The zero-order chi connectivity index (χ0) is 21.5. The van der Waals surface area contributed by atoms with Gasteiger partial charge in [-0.1, -0.05) is 31.0 Å². The molecule has 1 amide bonds. The molecule has 1 N–H and O–H groups in total. The van der Waals surface area contributed by atoms with E-state index in [1.807, 2.05) is 39.0 Å². The number of carbonyl (C=O) groups excluding carboxylic acids is 1. The largest absolute Gasteiger partial charge is 0.356 e. The Morgan fingerprint density at radius 3 is 2.33 bits per heavy atom. The van der Waals surface area contributed by atoms with Crippen LogP contribution in [0.25, 0.3) is 4.91 Å². The molecule has 1 saturated heterocycles. The number of nitrogens with zero attached hydrogens (tertiary/aromatic N) is 2. The van der Waals surface area contributed by atoms with E-state index in [2.05, 4.69) is 14.6 Å². The lowest BCUT2D eigenvalue weighted by Crippen LogP contribution is -2.47. The van der Waals surface area contributed by atoms with Crippen LogP contribution in [0.1, 0.15) is 62.1 Å². The molecule has 4 rings (SSSR count). The van der Waals surface area contributed by atoms with Gasteiger partial charge in [-0.3, -0.25) is 4.79 Å². The molecule has 0 spiro atoms. The fourth-order valence-electron chi connectivity index (χ4n) is 4.81. The molecule has 30 heavy (non-hydrogen) atoms. The summed E-state index contributed by atoms with van der Waals surface area (Å²) < 4.78 is 29.8. The predicted octanol–water partition coefficient (Wildman–Crippen LogP) is 3.55. The van der Waals surface area contributed by atoms with Gasteiger partial charge >= 0.3 is 0 Å². The number of amides is 1. The Morgan fingerprint density at radius 1 is 1.03 bits per heavy atom. The number of sulfonamides is 1. The molecule has 1 aromatic rings. The van der Waals surface area contributed by atoms with E-state index in [0.717, 1.165) is 49.7 Å². The molecule has 0 atom stereocenters. The summed E-state index contributed by atoms with van der Waals surface area (Å²) in [6.07, 6.45) is 5.93. The van der Waals surface area contributed by atoms with Crippen molar-refractivity contribution in [2.24, 2.45) is 10.3 Å². The second kappa shape index (κ2) is 8.17. The van der Waals surface area contributed by atoms with Crippen LogP contribution in [0.15, 0.2) is 28.2 Å². The summed E-state index contributed by atoms with van der Waals surface area (Å²) in [5.41, 5.74) is 3.62. The van der Waals surface area contributed by atoms with Gasteiger partial charge in [-0.05, 0) is 63.1 Å². The maximum absolute atomic E-state index is 12.8. The molecule has 3 aliphatic rings. The summed E-state index contributed by atoms with van der Waals surface area (Å²) in [6, 6.07) is 5.91. The van der Waals surface area contributed by atoms with Gasteiger partial charge < -0.3 is 10.2 Å². The van der Waals surface area contributed by atoms with Crippen LogP contribution in [-0.2, 0) is 14.8 Å². The van der Waals surface area contributed by atoms with Crippen LogP contribution in [0.4, 0.5) is 0 Å². The topological polar surface area (TPSA) is 78.8 Å². The van der Waals surface area contributed by atoms with E-state index in [1.54, 1.807) is 0 Å². The average Bonchev–Trinajstić information content (AvgIpc) is 3.31. The summed E-state index contributed by atoms with van der Waals surface area (Å²) in [6.45, 7) is 7.24. The van der Waals surface area contributed by atoms with Crippen LogP contribution in [0.5, 0.6) is 0 Å². The van der Waals surface area contributed by atoms with Gasteiger partial charge in [0, 0.05) is 30.6 Å². The first-order valence-electron chi connectivity index (χ1n) is 11.0.